The molecule has 2 aromatic carbocycles. The van der Waals surface area contributed by atoms with E-state index in [0.29, 0.717) is 6.61 Å². The third kappa shape index (κ3) is 3.72. The van der Waals surface area contributed by atoms with Crippen LogP contribution in [0.5, 0.6) is 11.5 Å². The fourth-order valence-electron chi connectivity index (χ4n) is 4.05. The molecule has 0 aliphatic heterocycles. The summed E-state index contributed by atoms with van der Waals surface area (Å²) in [5, 5.41) is 0.120. The molecule has 2 N–H and O–H groups in total. The Bertz CT molecular complexity index is 875. The van der Waals surface area contributed by atoms with E-state index in [1.165, 1.54) is 5.56 Å². The molecular weight excluding hydrogens is 378 g/mol. The average molecular weight is 414 g/mol. The van der Waals surface area contributed by atoms with Crippen LogP contribution < -0.4 is 15.2 Å². The highest BCUT2D eigenvalue weighted by Crippen LogP contribution is 2.50. The van der Waals surface area contributed by atoms with Gasteiger partial charge in [0, 0.05) is 18.2 Å². The van der Waals surface area contributed by atoms with Crippen LogP contribution in [-0.2, 0) is 16.3 Å². The van der Waals surface area contributed by atoms with Crippen LogP contribution in [0.2, 0.25) is 18.1 Å². The van der Waals surface area contributed by atoms with Gasteiger partial charge in [0.2, 0.25) is 0 Å². The topological polar surface area (TPSA) is 53.7 Å². The highest BCUT2D eigenvalue weighted by molar-refractivity contribution is 6.74. The largest absolute Gasteiger partial charge is 0.497 e. The maximum atomic E-state index is 6.89. The van der Waals surface area contributed by atoms with Gasteiger partial charge >= 0.3 is 0 Å². The van der Waals surface area contributed by atoms with E-state index in [2.05, 4.69) is 52.1 Å². The lowest BCUT2D eigenvalue weighted by molar-refractivity contribution is 0.205. The summed E-state index contributed by atoms with van der Waals surface area (Å²) in [5.74, 6) is 1.70. The summed E-state index contributed by atoms with van der Waals surface area (Å²) in [7, 11) is 1.44. The first-order chi connectivity index (χ1) is 13.6. The molecule has 5 heteroatoms. The highest BCUT2D eigenvalue weighted by Gasteiger charge is 2.50. The Morgan fingerprint density at radius 3 is 2.38 bits per heavy atom. The van der Waals surface area contributed by atoms with Crippen molar-refractivity contribution in [2.75, 3.05) is 20.8 Å². The Balaban J connectivity index is 2.19. The second-order valence-corrected chi connectivity index (χ2v) is 14.4. The minimum atomic E-state index is -1.98. The average Bonchev–Trinajstić information content (AvgIpc) is 2.97. The minimum Gasteiger partial charge on any atom is -0.497 e. The Labute approximate surface area is 176 Å². The lowest BCUT2D eigenvalue weighted by Gasteiger charge is -2.42. The SMILES string of the molecule is COc1cccc([C@@]2(CO[Si](C)(C)C(C)(C)C)c3c(cccc3OC)C[C@@H]2N)c1. The molecule has 0 heterocycles. The zero-order valence-electron chi connectivity index (χ0n) is 18.8. The van der Waals surface area contributed by atoms with Gasteiger partial charge in [-0.3, -0.25) is 0 Å². The van der Waals surface area contributed by atoms with Crippen molar-refractivity contribution in [1.29, 1.82) is 0 Å². The third-order valence-electron chi connectivity index (χ3n) is 6.90. The molecule has 1 aliphatic rings. The monoisotopic (exact) mass is 413 g/mol. The molecule has 0 aromatic heterocycles. The van der Waals surface area contributed by atoms with Crippen molar-refractivity contribution in [2.45, 2.75) is 56.8 Å². The van der Waals surface area contributed by atoms with E-state index < -0.39 is 13.7 Å². The normalized spacial score (nSPS) is 21.7. The van der Waals surface area contributed by atoms with E-state index in [-0.39, 0.29) is 11.1 Å². The molecule has 0 spiro atoms. The quantitative estimate of drug-likeness (QED) is 0.685. The molecule has 29 heavy (non-hydrogen) atoms. The zero-order valence-corrected chi connectivity index (χ0v) is 19.8. The molecule has 0 radical (unpaired) electrons. The molecule has 0 amide bonds. The molecule has 0 unspecified atom stereocenters. The van der Waals surface area contributed by atoms with Crippen molar-refractivity contribution in [3.05, 3.63) is 59.2 Å². The number of nitrogens with two attached hydrogens (primary N) is 1. The summed E-state index contributed by atoms with van der Waals surface area (Å²) in [6.07, 6.45) is 0.796. The Morgan fingerprint density at radius 1 is 1.07 bits per heavy atom. The highest BCUT2D eigenvalue weighted by atomic mass is 28.4. The lowest BCUT2D eigenvalue weighted by atomic mass is 9.73. The minimum absolute atomic E-state index is 0.106. The van der Waals surface area contributed by atoms with E-state index in [1.54, 1.807) is 14.2 Å². The van der Waals surface area contributed by atoms with E-state index in [4.69, 9.17) is 19.6 Å². The Hall–Kier alpha value is -1.82. The van der Waals surface area contributed by atoms with Crippen LogP contribution in [0.25, 0.3) is 0 Å². The fraction of sp³-hybridized carbons (Fsp3) is 0.500. The first kappa shape index (κ1) is 21.9. The molecule has 4 nitrogen and oxygen atoms in total. The van der Waals surface area contributed by atoms with Gasteiger partial charge in [-0.05, 0) is 53.9 Å². The third-order valence-corrected chi connectivity index (χ3v) is 11.4. The zero-order chi connectivity index (χ0) is 21.4. The van der Waals surface area contributed by atoms with Gasteiger partial charge in [0.05, 0.1) is 19.6 Å². The van der Waals surface area contributed by atoms with Gasteiger partial charge in [0.1, 0.15) is 11.5 Å². The van der Waals surface area contributed by atoms with Gasteiger partial charge in [-0.1, -0.05) is 45.0 Å². The van der Waals surface area contributed by atoms with Crippen molar-refractivity contribution >= 4 is 8.32 Å². The molecule has 1 aliphatic carbocycles. The second kappa shape index (κ2) is 7.78. The number of hydrogen-bond acceptors (Lipinski definition) is 4. The number of hydrogen-bond donors (Lipinski definition) is 1. The molecule has 3 rings (SSSR count). The van der Waals surface area contributed by atoms with Crippen LogP contribution in [-0.4, -0.2) is 35.2 Å². The maximum Gasteiger partial charge on any atom is 0.192 e. The lowest BCUT2D eigenvalue weighted by Crippen LogP contribution is -2.51. The predicted molar refractivity (Wildman–Crippen MR) is 122 cm³/mol. The Kier molecular flexibility index (Phi) is 5.87. The van der Waals surface area contributed by atoms with Crippen molar-refractivity contribution < 1.29 is 13.9 Å². The summed E-state index contributed by atoms with van der Waals surface area (Å²) < 4.78 is 18.1. The standard InChI is InChI=1S/C24H35NO3Si/c1-23(2,3)29(6,7)28-16-24(18-11-9-12-19(15-18)26-4)21(25)14-17-10-8-13-20(27-5)22(17)24/h8-13,15,21H,14,16,25H2,1-7H3/t21-,24+/m0/s1. The van der Waals surface area contributed by atoms with Gasteiger partial charge in [0.25, 0.3) is 0 Å². The molecule has 158 valence electrons. The van der Waals surface area contributed by atoms with Gasteiger partial charge in [-0.2, -0.15) is 0 Å². The second-order valence-electron chi connectivity index (χ2n) is 9.56. The molecule has 0 saturated carbocycles. The van der Waals surface area contributed by atoms with Gasteiger partial charge in [-0.25, -0.2) is 0 Å². The molecular formula is C24H35NO3Si. The van der Waals surface area contributed by atoms with E-state index in [0.717, 1.165) is 29.0 Å². The van der Waals surface area contributed by atoms with Crippen molar-refractivity contribution in [3.8, 4) is 11.5 Å². The summed E-state index contributed by atoms with van der Waals surface area (Å²) in [6, 6.07) is 14.4. The summed E-state index contributed by atoms with van der Waals surface area (Å²) in [4.78, 5) is 0. The van der Waals surface area contributed by atoms with Crippen LogP contribution in [0.15, 0.2) is 42.5 Å². The van der Waals surface area contributed by atoms with Gasteiger partial charge in [0.15, 0.2) is 8.32 Å². The van der Waals surface area contributed by atoms with E-state index >= 15 is 0 Å². The van der Waals surface area contributed by atoms with Crippen LogP contribution in [0.1, 0.15) is 37.5 Å². The maximum absolute atomic E-state index is 6.89. The Morgan fingerprint density at radius 2 is 1.76 bits per heavy atom. The summed E-state index contributed by atoms with van der Waals surface area (Å²) >= 11 is 0. The number of ether oxygens (including phenoxy) is 2. The van der Waals surface area contributed by atoms with Crippen LogP contribution >= 0.6 is 0 Å². The first-order valence-electron chi connectivity index (χ1n) is 10.3. The molecule has 2 aromatic rings. The van der Waals surface area contributed by atoms with Crippen molar-refractivity contribution in [2.24, 2.45) is 5.73 Å². The first-order valence-corrected chi connectivity index (χ1v) is 13.2. The number of benzene rings is 2. The van der Waals surface area contributed by atoms with Crippen molar-refractivity contribution in [3.63, 3.8) is 0 Å². The predicted octanol–water partition coefficient (Wildman–Crippen LogP) is 4.90. The fourth-order valence-corrected chi connectivity index (χ4v) is 5.07. The molecule has 0 saturated heterocycles. The number of methoxy groups -OCH3 is 2. The molecule has 0 bridgehead atoms. The molecule has 0 fully saturated rings. The number of rotatable bonds is 6. The summed E-state index contributed by atoms with van der Waals surface area (Å²) in [6.45, 7) is 11.9. The van der Waals surface area contributed by atoms with Crippen LogP contribution in [0.3, 0.4) is 0 Å². The number of fused-ring (bicyclic) bond motifs is 1. The van der Waals surface area contributed by atoms with Crippen molar-refractivity contribution in [1.82, 2.24) is 0 Å². The van der Waals surface area contributed by atoms with Crippen LogP contribution in [0.4, 0.5) is 0 Å². The van der Waals surface area contributed by atoms with E-state index in [9.17, 15) is 0 Å². The van der Waals surface area contributed by atoms with Gasteiger partial charge in [-0.15, -0.1) is 0 Å². The van der Waals surface area contributed by atoms with Gasteiger partial charge < -0.3 is 19.6 Å². The van der Waals surface area contributed by atoms with Crippen LogP contribution in [0, 0.1) is 0 Å². The summed E-state index contributed by atoms with van der Waals surface area (Å²) in [5.41, 5.74) is 9.91. The molecule has 2 atom stereocenters. The smallest absolute Gasteiger partial charge is 0.192 e. The van der Waals surface area contributed by atoms with E-state index in [1.807, 2.05) is 24.3 Å².